The standard InChI is InChI=1S/C27H32N2O2/c1-18-8-10-20(11-9-18)7-5-6-19(2)21-14-24(30)26-22-16-29(17-28)13-12-23(22)27(3,4)31-25(26)15-21/h8-11,14-15,19,30H,5-7,12-13,16H2,1-4H3. The molecule has 2 aliphatic rings. The molecular formula is C27H32N2O2. The lowest BCUT2D eigenvalue weighted by atomic mass is 9.80. The number of hydrogen-bond acceptors (Lipinski definition) is 4. The van der Waals surface area contributed by atoms with Crippen LogP contribution in [0.1, 0.15) is 68.2 Å². The molecule has 0 spiro atoms. The van der Waals surface area contributed by atoms with E-state index in [2.05, 4.69) is 64.2 Å². The van der Waals surface area contributed by atoms with E-state index in [1.807, 2.05) is 6.07 Å². The van der Waals surface area contributed by atoms with Crippen LogP contribution in [-0.2, 0) is 6.42 Å². The number of aryl methyl sites for hydroxylation is 2. The third-order valence-corrected chi connectivity index (χ3v) is 6.78. The summed E-state index contributed by atoms with van der Waals surface area (Å²) in [5.41, 5.74) is 6.35. The van der Waals surface area contributed by atoms with Gasteiger partial charge in [0.25, 0.3) is 0 Å². The molecular weight excluding hydrogens is 384 g/mol. The number of benzene rings is 2. The first-order chi connectivity index (χ1) is 14.8. The van der Waals surface area contributed by atoms with Crippen LogP contribution in [0.2, 0.25) is 0 Å². The molecule has 0 fully saturated rings. The summed E-state index contributed by atoms with van der Waals surface area (Å²) in [6.45, 7) is 9.73. The van der Waals surface area contributed by atoms with Gasteiger partial charge in [0.15, 0.2) is 6.19 Å². The number of rotatable bonds is 5. The van der Waals surface area contributed by atoms with E-state index in [9.17, 15) is 10.4 Å². The van der Waals surface area contributed by atoms with Crippen molar-refractivity contribution >= 4 is 5.57 Å². The molecule has 2 aliphatic heterocycles. The first-order valence-corrected chi connectivity index (χ1v) is 11.3. The van der Waals surface area contributed by atoms with Gasteiger partial charge >= 0.3 is 0 Å². The van der Waals surface area contributed by atoms with E-state index in [4.69, 9.17) is 4.74 Å². The number of nitriles is 1. The Labute approximate surface area is 185 Å². The highest BCUT2D eigenvalue weighted by Crippen LogP contribution is 2.48. The number of phenolic OH excluding ortho intramolecular Hbond substituents is 1. The zero-order chi connectivity index (χ0) is 22.2. The SMILES string of the molecule is Cc1ccc(CCCC(C)c2cc(O)c3c(c2)OC(C)(C)C2=C3CN(C#N)CC2)cc1. The first-order valence-electron chi connectivity index (χ1n) is 11.3. The van der Waals surface area contributed by atoms with Gasteiger partial charge < -0.3 is 14.7 Å². The number of fused-ring (bicyclic) bond motifs is 2. The Morgan fingerprint density at radius 1 is 1.23 bits per heavy atom. The maximum absolute atomic E-state index is 11.0. The maximum atomic E-state index is 11.0. The van der Waals surface area contributed by atoms with Crippen molar-refractivity contribution in [3.05, 3.63) is 64.2 Å². The summed E-state index contributed by atoms with van der Waals surface area (Å²) < 4.78 is 6.39. The Bertz CT molecular complexity index is 1040. The molecule has 0 aromatic heterocycles. The zero-order valence-electron chi connectivity index (χ0n) is 19.0. The lowest BCUT2D eigenvalue weighted by Gasteiger charge is -2.41. The van der Waals surface area contributed by atoms with E-state index in [1.165, 1.54) is 16.7 Å². The molecule has 0 radical (unpaired) electrons. The first kappa shape index (κ1) is 21.3. The molecule has 4 rings (SSSR count). The summed E-state index contributed by atoms with van der Waals surface area (Å²) >= 11 is 0. The summed E-state index contributed by atoms with van der Waals surface area (Å²) in [6.07, 6.45) is 6.25. The minimum atomic E-state index is -0.427. The molecule has 4 nitrogen and oxygen atoms in total. The summed E-state index contributed by atoms with van der Waals surface area (Å²) in [7, 11) is 0. The maximum Gasteiger partial charge on any atom is 0.179 e. The third kappa shape index (κ3) is 4.28. The van der Waals surface area contributed by atoms with Crippen LogP contribution in [0.25, 0.3) is 5.57 Å². The molecule has 2 aromatic rings. The monoisotopic (exact) mass is 416 g/mol. The highest BCUT2D eigenvalue weighted by Gasteiger charge is 2.39. The zero-order valence-corrected chi connectivity index (χ0v) is 19.0. The van der Waals surface area contributed by atoms with Crippen molar-refractivity contribution in [2.75, 3.05) is 13.1 Å². The van der Waals surface area contributed by atoms with E-state index >= 15 is 0 Å². The Balaban J connectivity index is 1.54. The fourth-order valence-electron chi connectivity index (χ4n) is 4.90. The van der Waals surface area contributed by atoms with Gasteiger partial charge in [0, 0.05) is 6.54 Å². The van der Waals surface area contributed by atoms with Crippen LogP contribution < -0.4 is 4.74 Å². The van der Waals surface area contributed by atoms with Gasteiger partial charge in [-0.2, -0.15) is 5.26 Å². The van der Waals surface area contributed by atoms with E-state index in [0.29, 0.717) is 19.0 Å². The van der Waals surface area contributed by atoms with Crippen LogP contribution in [-0.4, -0.2) is 28.7 Å². The van der Waals surface area contributed by atoms with E-state index in [1.54, 1.807) is 4.90 Å². The molecule has 0 bridgehead atoms. The average molecular weight is 417 g/mol. The lowest BCUT2D eigenvalue weighted by Crippen LogP contribution is -2.41. The minimum absolute atomic E-state index is 0.265. The lowest BCUT2D eigenvalue weighted by molar-refractivity contribution is 0.134. The largest absolute Gasteiger partial charge is 0.507 e. The molecule has 0 saturated heterocycles. The number of aromatic hydroxyl groups is 1. The molecule has 0 amide bonds. The number of ether oxygens (including phenoxy) is 1. The van der Waals surface area contributed by atoms with Crippen LogP contribution in [0.5, 0.6) is 11.5 Å². The summed E-state index contributed by atoms with van der Waals surface area (Å²) in [6, 6.07) is 12.7. The second-order valence-corrected chi connectivity index (χ2v) is 9.53. The Morgan fingerprint density at radius 3 is 2.68 bits per heavy atom. The van der Waals surface area contributed by atoms with E-state index < -0.39 is 5.60 Å². The van der Waals surface area contributed by atoms with Crippen molar-refractivity contribution in [1.82, 2.24) is 4.90 Å². The van der Waals surface area contributed by atoms with Gasteiger partial charge in [0.05, 0.1) is 12.1 Å². The Morgan fingerprint density at radius 2 is 1.97 bits per heavy atom. The van der Waals surface area contributed by atoms with Crippen LogP contribution in [0.3, 0.4) is 0 Å². The van der Waals surface area contributed by atoms with Crippen molar-refractivity contribution in [2.45, 2.75) is 64.9 Å². The van der Waals surface area contributed by atoms with E-state index in [0.717, 1.165) is 48.1 Å². The summed E-state index contributed by atoms with van der Waals surface area (Å²) in [5, 5.41) is 20.4. The molecule has 4 heteroatoms. The van der Waals surface area contributed by atoms with Gasteiger partial charge in [-0.05, 0) is 86.8 Å². The van der Waals surface area contributed by atoms with Crippen molar-refractivity contribution < 1.29 is 9.84 Å². The molecule has 1 N–H and O–H groups in total. The summed E-state index contributed by atoms with van der Waals surface area (Å²) in [4.78, 5) is 1.76. The van der Waals surface area contributed by atoms with Crippen LogP contribution in [0.15, 0.2) is 42.0 Å². The Hall–Kier alpha value is -2.93. The number of nitrogens with zero attached hydrogens (tertiary/aromatic N) is 2. The Kier molecular flexibility index (Phi) is 5.71. The fourth-order valence-corrected chi connectivity index (χ4v) is 4.90. The predicted octanol–water partition coefficient (Wildman–Crippen LogP) is 5.94. The summed E-state index contributed by atoms with van der Waals surface area (Å²) in [5.74, 6) is 1.33. The van der Waals surface area contributed by atoms with Gasteiger partial charge in [0.1, 0.15) is 17.1 Å². The van der Waals surface area contributed by atoms with Gasteiger partial charge in [-0.25, -0.2) is 0 Å². The van der Waals surface area contributed by atoms with Gasteiger partial charge in [0.2, 0.25) is 0 Å². The molecule has 2 heterocycles. The normalized spacial score (nSPS) is 18.0. The number of phenols is 1. The molecule has 1 atom stereocenters. The van der Waals surface area contributed by atoms with E-state index in [-0.39, 0.29) is 5.75 Å². The molecule has 31 heavy (non-hydrogen) atoms. The van der Waals surface area contributed by atoms with Gasteiger partial charge in [-0.3, -0.25) is 0 Å². The van der Waals surface area contributed by atoms with Crippen molar-refractivity contribution in [2.24, 2.45) is 0 Å². The second-order valence-electron chi connectivity index (χ2n) is 9.53. The third-order valence-electron chi connectivity index (χ3n) is 6.78. The van der Waals surface area contributed by atoms with Crippen molar-refractivity contribution in [3.8, 4) is 17.7 Å². The quantitative estimate of drug-likeness (QED) is 0.613. The highest BCUT2D eigenvalue weighted by atomic mass is 16.5. The minimum Gasteiger partial charge on any atom is -0.507 e. The molecule has 1 unspecified atom stereocenters. The second kappa shape index (κ2) is 8.30. The molecule has 162 valence electrons. The molecule has 0 aliphatic carbocycles. The highest BCUT2D eigenvalue weighted by molar-refractivity contribution is 5.82. The smallest absolute Gasteiger partial charge is 0.179 e. The van der Waals surface area contributed by atoms with Crippen molar-refractivity contribution in [3.63, 3.8) is 0 Å². The predicted molar refractivity (Wildman–Crippen MR) is 124 cm³/mol. The number of hydrogen-bond donors (Lipinski definition) is 1. The molecule has 2 aromatic carbocycles. The fraction of sp³-hybridized carbons (Fsp3) is 0.444. The topological polar surface area (TPSA) is 56.5 Å². The van der Waals surface area contributed by atoms with Crippen LogP contribution >= 0.6 is 0 Å². The average Bonchev–Trinajstić information content (AvgIpc) is 2.73. The van der Waals surface area contributed by atoms with Crippen molar-refractivity contribution in [1.29, 1.82) is 5.26 Å². The van der Waals surface area contributed by atoms with Gasteiger partial charge in [-0.1, -0.05) is 36.8 Å². The molecule has 0 saturated carbocycles. The van der Waals surface area contributed by atoms with Crippen LogP contribution in [0, 0.1) is 18.4 Å². The van der Waals surface area contributed by atoms with Gasteiger partial charge in [-0.15, -0.1) is 0 Å². The van der Waals surface area contributed by atoms with Crippen LogP contribution in [0.4, 0.5) is 0 Å².